The van der Waals surface area contributed by atoms with Crippen molar-refractivity contribution >= 4 is 5.69 Å². The lowest BCUT2D eigenvalue weighted by molar-refractivity contribution is 0.594. The van der Waals surface area contributed by atoms with Crippen LogP contribution in [0.25, 0.3) is 0 Å². The summed E-state index contributed by atoms with van der Waals surface area (Å²) in [5, 5.41) is 8.98. The normalized spacial score (nSPS) is 13.7. The second-order valence-corrected chi connectivity index (χ2v) is 5.53. The molecule has 0 saturated carbocycles. The first kappa shape index (κ1) is 13.6. The minimum Gasteiger partial charge on any atom is -0.365 e. The third-order valence-electron chi connectivity index (χ3n) is 4.07. The number of halogens is 1. The molecule has 1 aliphatic heterocycles. The fourth-order valence-corrected chi connectivity index (χ4v) is 3.04. The Morgan fingerprint density at radius 3 is 2.95 bits per heavy atom. The molecule has 0 radical (unpaired) electrons. The first-order valence-corrected chi connectivity index (χ1v) is 7.21. The highest BCUT2D eigenvalue weighted by Crippen LogP contribution is 2.33. The topological polar surface area (TPSA) is 27.0 Å². The van der Waals surface area contributed by atoms with E-state index in [-0.39, 0.29) is 5.82 Å². The summed E-state index contributed by atoms with van der Waals surface area (Å²) in [4.78, 5) is 2.09. The van der Waals surface area contributed by atoms with Crippen molar-refractivity contribution in [2.45, 2.75) is 26.3 Å². The van der Waals surface area contributed by atoms with Gasteiger partial charge in [-0.2, -0.15) is 5.26 Å². The molecule has 2 aromatic rings. The maximum Gasteiger partial charge on any atom is 0.146 e. The van der Waals surface area contributed by atoms with Crippen LogP contribution in [0.5, 0.6) is 0 Å². The van der Waals surface area contributed by atoms with Crippen molar-refractivity contribution in [3.8, 4) is 6.07 Å². The molecule has 0 aliphatic carbocycles. The molecule has 2 aromatic carbocycles. The van der Waals surface area contributed by atoms with Gasteiger partial charge in [0, 0.05) is 13.1 Å². The molecule has 0 unspecified atom stereocenters. The Hall–Kier alpha value is -2.34. The smallest absolute Gasteiger partial charge is 0.146 e. The predicted molar refractivity (Wildman–Crippen MR) is 81.7 cm³/mol. The summed E-state index contributed by atoms with van der Waals surface area (Å²) in [6.45, 7) is 3.53. The Kier molecular flexibility index (Phi) is 3.62. The van der Waals surface area contributed by atoms with Gasteiger partial charge >= 0.3 is 0 Å². The number of benzene rings is 2. The van der Waals surface area contributed by atoms with Crippen LogP contribution >= 0.6 is 0 Å². The molecule has 0 aromatic heterocycles. The van der Waals surface area contributed by atoms with Gasteiger partial charge in [-0.15, -0.1) is 0 Å². The summed E-state index contributed by atoms with van der Waals surface area (Å²) >= 11 is 0. The minimum absolute atomic E-state index is 0.147. The van der Waals surface area contributed by atoms with Crippen LogP contribution in [-0.2, 0) is 13.0 Å². The van der Waals surface area contributed by atoms with Gasteiger partial charge in [0.1, 0.15) is 5.82 Å². The number of anilines is 1. The molecule has 0 atom stereocenters. The lowest BCUT2D eigenvalue weighted by atomic mass is 9.96. The van der Waals surface area contributed by atoms with Crippen LogP contribution in [-0.4, -0.2) is 6.54 Å². The van der Waals surface area contributed by atoms with Crippen LogP contribution in [0.2, 0.25) is 0 Å². The van der Waals surface area contributed by atoms with Crippen LogP contribution < -0.4 is 4.90 Å². The lowest BCUT2D eigenvalue weighted by Gasteiger charge is -2.32. The molecule has 0 N–H and O–H groups in total. The Bertz CT molecular complexity index is 716. The summed E-state index contributed by atoms with van der Waals surface area (Å²) in [6.07, 6.45) is 1.98. The van der Waals surface area contributed by atoms with E-state index < -0.39 is 0 Å². The molecular weight excluding hydrogens is 263 g/mol. The van der Waals surface area contributed by atoms with E-state index in [2.05, 4.69) is 11.0 Å². The van der Waals surface area contributed by atoms with Crippen LogP contribution in [0, 0.1) is 24.1 Å². The number of rotatable bonds is 2. The number of fused-ring (bicyclic) bond motifs is 1. The largest absolute Gasteiger partial charge is 0.365 e. The van der Waals surface area contributed by atoms with Crippen molar-refractivity contribution < 1.29 is 4.39 Å². The van der Waals surface area contributed by atoms with E-state index >= 15 is 0 Å². The zero-order chi connectivity index (χ0) is 14.8. The molecule has 106 valence electrons. The Morgan fingerprint density at radius 2 is 2.14 bits per heavy atom. The van der Waals surface area contributed by atoms with E-state index in [1.807, 2.05) is 31.2 Å². The van der Waals surface area contributed by atoms with Gasteiger partial charge < -0.3 is 4.90 Å². The average Bonchev–Trinajstić information content (AvgIpc) is 2.51. The molecule has 0 amide bonds. The Morgan fingerprint density at radius 1 is 1.29 bits per heavy atom. The van der Waals surface area contributed by atoms with Gasteiger partial charge in [-0.25, -0.2) is 4.39 Å². The molecule has 0 saturated heterocycles. The lowest BCUT2D eigenvalue weighted by Crippen LogP contribution is -2.30. The number of hydrogen-bond donors (Lipinski definition) is 0. The Balaban J connectivity index is 1.95. The summed E-state index contributed by atoms with van der Waals surface area (Å²) in [6, 6.07) is 13.1. The van der Waals surface area contributed by atoms with Gasteiger partial charge in [0.05, 0.1) is 17.3 Å². The molecule has 0 fully saturated rings. The van der Waals surface area contributed by atoms with Crippen LogP contribution in [0.4, 0.5) is 10.1 Å². The fraction of sp³-hybridized carbons (Fsp3) is 0.278. The van der Waals surface area contributed by atoms with E-state index in [4.69, 9.17) is 5.26 Å². The maximum atomic E-state index is 14.3. The third-order valence-corrected chi connectivity index (χ3v) is 4.07. The second kappa shape index (κ2) is 5.57. The van der Waals surface area contributed by atoms with E-state index in [1.165, 1.54) is 0 Å². The third kappa shape index (κ3) is 2.62. The molecule has 0 spiro atoms. The molecule has 1 heterocycles. The monoisotopic (exact) mass is 280 g/mol. The molecular formula is C18H17FN2. The van der Waals surface area contributed by atoms with E-state index in [0.717, 1.165) is 41.8 Å². The SMILES string of the molecule is Cc1ccc(F)c2c1CCCN2Cc1cccc(C#N)c1. The molecule has 2 nitrogen and oxygen atoms in total. The first-order chi connectivity index (χ1) is 10.2. The number of aryl methyl sites for hydroxylation is 1. The van der Waals surface area contributed by atoms with E-state index in [0.29, 0.717) is 12.1 Å². The molecule has 21 heavy (non-hydrogen) atoms. The highest BCUT2D eigenvalue weighted by Gasteiger charge is 2.22. The number of nitriles is 1. The average molecular weight is 280 g/mol. The van der Waals surface area contributed by atoms with Crippen molar-refractivity contribution in [3.05, 3.63) is 64.5 Å². The zero-order valence-electron chi connectivity index (χ0n) is 12.1. The summed E-state index contributed by atoms with van der Waals surface area (Å²) in [5.41, 5.74) is 4.71. The summed E-state index contributed by atoms with van der Waals surface area (Å²) < 4.78 is 14.3. The van der Waals surface area contributed by atoms with Crippen molar-refractivity contribution in [2.75, 3.05) is 11.4 Å². The van der Waals surface area contributed by atoms with Gasteiger partial charge in [-0.05, 0) is 54.7 Å². The van der Waals surface area contributed by atoms with Gasteiger partial charge in [0.15, 0.2) is 0 Å². The summed E-state index contributed by atoms with van der Waals surface area (Å²) in [7, 11) is 0. The van der Waals surface area contributed by atoms with Gasteiger partial charge in [0.25, 0.3) is 0 Å². The van der Waals surface area contributed by atoms with Crippen molar-refractivity contribution in [3.63, 3.8) is 0 Å². The standard InChI is InChI=1S/C18H17FN2/c1-13-7-8-17(19)18-16(13)6-3-9-21(18)12-15-5-2-4-14(10-15)11-20/h2,4-5,7-8,10H,3,6,9,12H2,1H3. The van der Waals surface area contributed by atoms with E-state index in [1.54, 1.807) is 12.1 Å². The molecule has 0 bridgehead atoms. The van der Waals surface area contributed by atoms with Crippen molar-refractivity contribution in [2.24, 2.45) is 0 Å². The van der Waals surface area contributed by atoms with Crippen LogP contribution in [0.3, 0.4) is 0 Å². The predicted octanol–water partition coefficient (Wildman–Crippen LogP) is 3.96. The second-order valence-electron chi connectivity index (χ2n) is 5.53. The van der Waals surface area contributed by atoms with Crippen molar-refractivity contribution in [1.82, 2.24) is 0 Å². The van der Waals surface area contributed by atoms with Crippen molar-refractivity contribution in [1.29, 1.82) is 5.26 Å². The first-order valence-electron chi connectivity index (χ1n) is 7.21. The molecule has 3 heteroatoms. The maximum absolute atomic E-state index is 14.3. The van der Waals surface area contributed by atoms with Crippen LogP contribution in [0.1, 0.15) is 28.7 Å². The minimum atomic E-state index is -0.147. The Labute approximate surface area is 124 Å². The highest BCUT2D eigenvalue weighted by atomic mass is 19.1. The highest BCUT2D eigenvalue weighted by molar-refractivity contribution is 5.59. The fourth-order valence-electron chi connectivity index (χ4n) is 3.04. The number of nitrogens with zero attached hydrogens (tertiary/aromatic N) is 2. The summed E-state index contributed by atoms with van der Waals surface area (Å²) in [5.74, 6) is -0.147. The number of hydrogen-bond acceptors (Lipinski definition) is 2. The zero-order valence-corrected chi connectivity index (χ0v) is 12.1. The van der Waals surface area contributed by atoms with Gasteiger partial charge in [-0.3, -0.25) is 0 Å². The quantitative estimate of drug-likeness (QED) is 0.832. The van der Waals surface area contributed by atoms with Gasteiger partial charge in [0.2, 0.25) is 0 Å². The van der Waals surface area contributed by atoms with E-state index in [9.17, 15) is 4.39 Å². The molecule has 1 aliphatic rings. The molecule has 3 rings (SSSR count). The van der Waals surface area contributed by atoms with Crippen LogP contribution in [0.15, 0.2) is 36.4 Å². The van der Waals surface area contributed by atoms with Gasteiger partial charge in [-0.1, -0.05) is 18.2 Å².